The predicted molar refractivity (Wildman–Crippen MR) is 91.8 cm³/mol. The van der Waals surface area contributed by atoms with Gasteiger partial charge < -0.3 is 9.47 Å². The van der Waals surface area contributed by atoms with Gasteiger partial charge in [-0.1, -0.05) is 72.7 Å². The SMILES string of the molecule is C=CC(=O)OCCOc1ccccc1.CC.CC.CCC. The molecule has 3 nitrogen and oxygen atoms in total. The number of carbonyl (C=O) groups excluding carboxylic acids is 1. The van der Waals surface area contributed by atoms with Gasteiger partial charge >= 0.3 is 5.97 Å². The quantitative estimate of drug-likeness (QED) is 0.422. The molecule has 0 atom stereocenters. The molecular weight excluding hydrogens is 264 g/mol. The summed E-state index contributed by atoms with van der Waals surface area (Å²) in [6, 6.07) is 9.35. The van der Waals surface area contributed by atoms with E-state index in [4.69, 9.17) is 9.47 Å². The lowest BCUT2D eigenvalue weighted by molar-refractivity contribution is -0.138. The lowest BCUT2D eigenvalue weighted by Crippen LogP contribution is -2.09. The Bertz CT molecular complexity index is 307. The fraction of sp³-hybridized carbons (Fsp3) is 0.500. The Kier molecular flexibility index (Phi) is 27.0. The maximum absolute atomic E-state index is 10.6. The lowest BCUT2D eigenvalue weighted by atomic mass is 10.3. The molecule has 0 saturated carbocycles. The minimum Gasteiger partial charge on any atom is -0.490 e. The minimum atomic E-state index is -0.429. The molecule has 0 amide bonds. The lowest BCUT2D eigenvalue weighted by Gasteiger charge is -2.05. The van der Waals surface area contributed by atoms with E-state index in [-0.39, 0.29) is 6.61 Å². The van der Waals surface area contributed by atoms with E-state index >= 15 is 0 Å². The smallest absolute Gasteiger partial charge is 0.330 e. The number of hydrogen-bond donors (Lipinski definition) is 0. The molecule has 0 aliphatic rings. The molecule has 1 aromatic rings. The number of ether oxygens (including phenoxy) is 2. The van der Waals surface area contributed by atoms with Crippen LogP contribution in [0.15, 0.2) is 43.0 Å². The maximum atomic E-state index is 10.6. The molecule has 0 N–H and O–H groups in total. The molecule has 0 heterocycles. The van der Waals surface area contributed by atoms with Crippen LogP contribution in [-0.4, -0.2) is 19.2 Å². The topological polar surface area (TPSA) is 35.5 Å². The van der Waals surface area contributed by atoms with Gasteiger partial charge in [-0.2, -0.15) is 0 Å². The van der Waals surface area contributed by atoms with E-state index in [9.17, 15) is 4.79 Å². The van der Waals surface area contributed by atoms with Gasteiger partial charge in [0.1, 0.15) is 19.0 Å². The number of hydrogen-bond acceptors (Lipinski definition) is 3. The number of rotatable bonds is 5. The third-order valence-electron chi connectivity index (χ3n) is 1.51. The molecule has 0 aliphatic heterocycles. The Hall–Kier alpha value is -1.77. The summed E-state index contributed by atoms with van der Waals surface area (Å²) in [6.45, 7) is 16.1. The van der Waals surface area contributed by atoms with Gasteiger partial charge in [0.05, 0.1) is 0 Å². The second-order valence-corrected chi connectivity index (χ2v) is 3.24. The van der Waals surface area contributed by atoms with E-state index in [1.54, 1.807) is 0 Å². The minimum absolute atomic E-state index is 0.236. The number of carbonyl (C=O) groups is 1. The van der Waals surface area contributed by atoms with E-state index in [1.165, 1.54) is 6.42 Å². The van der Waals surface area contributed by atoms with Crippen molar-refractivity contribution in [3.05, 3.63) is 43.0 Å². The van der Waals surface area contributed by atoms with E-state index < -0.39 is 5.97 Å². The van der Waals surface area contributed by atoms with Crippen molar-refractivity contribution in [2.24, 2.45) is 0 Å². The van der Waals surface area contributed by atoms with E-state index in [0.717, 1.165) is 11.8 Å². The molecule has 0 radical (unpaired) electrons. The maximum Gasteiger partial charge on any atom is 0.330 e. The first-order chi connectivity index (χ1) is 10.2. The van der Waals surface area contributed by atoms with Crippen molar-refractivity contribution in [1.29, 1.82) is 0 Å². The molecule has 3 heteroatoms. The van der Waals surface area contributed by atoms with Gasteiger partial charge in [0.2, 0.25) is 0 Å². The second-order valence-electron chi connectivity index (χ2n) is 3.24. The molecule has 1 rings (SSSR count). The average Bonchev–Trinajstić information content (AvgIpc) is 2.57. The fourth-order valence-corrected chi connectivity index (χ4v) is 0.877. The monoisotopic (exact) mass is 296 g/mol. The summed E-state index contributed by atoms with van der Waals surface area (Å²) in [5, 5.41) is 0. The summed E-state index contributed by atoms with van der Waals surface area (Å²) < 4.78 is 10.0. The first-order valence-electron chi connectivity index (χ1n) is 7.71. The number of benzene rings is 1. The molecule has 0 aromatic heterocycles. The fourth-order valence-electron chi connectivity index (χ4n) is 0.877. The van der Waals surface area contributed by atoms with Crippen LogP contribution in [0.1, 0.15) is 48.0 Å². The standard InChI is InChI=1S/C11H12O3.C3H8.2C2H6/c1-2-11(12)14-9-8-13-10-6-4-3-5-7-10;1-3-2;2*1-2/h2-7H,1,8-9H2;3H2,1-2H3;2*1-2H3. The van der Waals surface area contributed by atoms with Crippen LogP contribution in [0.5, 0.6) is 5.75 Å². The van der Waals surface area contributed by atoms with Crippen LogP contribution in [0, 0.1) is 0 Å². The Morgan fingerprint density at radius 3 is 1.95 bits per heavy atom. The predicted octanol–water partition coefficient (Wildman–Crippen LogP) is 5.26. The Morgan fingerprint density at radius 1 is 1.05 bits per heavy atom. The third-order valence-corrected chi connectivity index (χ3v) is 1.51. The van der Waals surface area contributed by atoms with Gasteiger partial charge in [-0.25, -0.2) is 4.79 Å². The van der Waals surface area contributed by atoms with E-state index in [2.05, 4.69) is 20.4 Å². The van der Waals surface area contributed by atoms with Crippen molar-refractivity contribution < 1.29 is 14.3 Å². The van der Waals surface area contributed by atoms with Crippen LogP contribution in [0.3, 0.4) is 0 Å². The highest BCUT2D eigenvalue weighted by atomic mass is 16.6. The number of para-hydroxylation sites is 1. The molecule has 21 heavy (non-hydrogen) atoms. The van der Waals surface area contributed by atoms with Crippen molar-refractivity contribution in [2.45, 2.75) is 48.0 Å². The highest BCUT2D eigenvalue weighted by Gasteiger charge is 1.95. The molecule has 0 spiro atoms. The van der Waals surface area contributed by atoms with E-state index in [1.807, 2.05) is 58.0 Å². The summed E-state index contributed by atoms with van der Waals surface area (Å²) in [6.07, 6.45) is 2.38. The highest BCUT2D eigenvalue weighted by molar-refractivity contribution is 5.81. The van der Waals surface area contributed by atoms with Crippen LogP contribution in [-0.2, 0) is 9.53 Å². The van der Waals surface area contributed by atoms with Crippen LogP contribution < -0.4 is 4.74 Å². The largest absolute Gasteiger partial charge is 0.490 e. The van der Waals surface area contributed by atoms with Crippen LogP contribution in [0.25, 0.3) is 0 Å². The van der Waals surface area contributed by atoms with Gasteiger partial charge in [-0.3, -0.25) is 0 Å². The zero-order valence-corrected chi connectivity index (χ0v) is 14.5. The van der Waals surface area contributed by atoms with Crippen LogP contribution in [0.2, 0.25) is 0 Å². The molecule has 0 bridgehead atoms. The van der Waals surface area contributed by atoms with Gasteiger partial charge in [0.15, 0.2) is 0 Å². The Labute approximate surface area is 131 Å². The van der Waals surface area contributed by atoms with Crippen molar-refractivity contribution in [3.63, 3.8) is 0 Å². The van der Waals surface area contributed by atoms with Gasteiger partial charge in [-0.05, 0) is 12.1 Å². The first-order valence-corrected chi connectivity index (χ1v) is 7.71. The van der Waals surface area contributed by atoms with Crippen LogP contribution >= 0.6 is 0 Å². The van der Waals surface area contributed by atoms with Crippen LogP contribution in [0.4, 0.5) is 0 Å². The molecule has 122 valence electrons. The van der Waals surface area contributed by atoms with E-state index in [0.29, 0.717) is 6.61 Å². The Balaban J connectivity index is -0.000000399. The summed E-state index contributed by atoms with van der Waals surface area (Å²) in [5.74, 6) is 0.337. The zero-order valence-electron chi connectivity index (χ0n) is 14.5. The molecule has 0 saturated heterocycles. The molecule has 0 aliphatic carbocycles. The summed E-state index contributed by atoms with van der Waals surface area (Å²) in [7, 11) is 0. The second kappa shape index (κ2) is 23.3. The van der Waals surface area contributed by atoms with Crippen molar-refractivity contribution in [1.82, 2.24) is 0 Å². The highest BCUT2D eigenvalue weighted by Crippen LogP contribution is 2.07. The Morgan fingerprint density at radius 2 is 1.52 bits per heavy atom. The summed E-state index contributed by atoms with van der Waals surface area (Å²) >= 11 is 0. The molecule has 1 aromatic carbocycles. The van der Waals surface area contributed by atoms with Crippen molar-refractivity contribution in [2.75, 3.05) is 13.2 Å². The zero-order chi connectivity index (χ0) is 16.9. The van der Waals surface area contributed by atoms with Crippen molar-refractivity contribution >= 4 is 5.97 Å². The van der Waals surface area contributed by atoms with Gasteiger partial charge in [0.25, 0.3) is 0 Å². The molecule has 0 unspecified atom stereocenters. The van der Waals surface area contributed by atoms with Crippen molar-refractivity contribution in [3.8, 4) is 5.75 Å². The molecule has 0 fully saturated rings. The number of esters is 1. The van der Waals surface area contributed by atoms with Gasteiger partial charge in [0, 0.05) is 6.08 Å². The van der Waals surface area contributed by atoms with Gasteiger partial charge in [-0.15, -0.1) is 0 Å². The third kappa shape index (κ3) is 20.7. The normalized spacial score (nSPS) is 7.52. The molecular formula is C18H32O3. The summed E-state index contributed by atoms with van der Waals surface area (Å²) in [5.41, 5.74) is 0. The first kappa shape index (κ1) is 24.3. The average molecular weight is 296 g/mol. The summed E-state index contributed by atoms with van der Waals surface area (Å²) in [4.78, 5) is 10.6.